The Balaban J connectivity index is 2.68. The molecule has 0 aromatic heterocycles. The lowest BCUT2D eigenvalue weighted by molar-refractivity contribution is 0.872. The maximum absolute atomic E-state index is 5.59. The normalized spacial score (nSPS) is 18.3. The van der Waals surface area contributed by atoms with E-state index >= 15 is 0 Å². The van der Waals surface area contributed by atoms with Gasteiger partial charge in [0.05, 0.1) is 6.54 Å². The summed E-state index contributed by atoms with van der Waals surface area (Å²) in [4.78, 5) is 3.98. The molecule has 1 aliphatic heterocycles. The molecule has 0 fully saturated rings. The van der Waals surface area contributed by atoms with E-state index in [0.717, 1.165) is 12.0 Å². The van der Waals surface area contributed by atoms with E-state index in [2.05, 4.69) is 10.3 Å². The van der Waals surface area contributed by atoms with Crippen LogP contribution >= 0.6 is 0 Å². The van der Waals surface area contributed by atoms with Gasteiger partial charge in [-0.2, -0.15) is 0 Å². The minimum absolute atomic E-state index is 0.412. The Bertz CT molecular complexity index is 192. The van der Waals surface area contributed by atoms with Crippen molar-refractivity contribution in [3.05, 3.63) is 11.4 Å². The van der Waals surface area contributed by atoms with Gasteiger partial charge in [0.2, 0.25) is 0 Å². The van der Waals surface area contributed by atoms with Gasteiger partial charge in [-0.25, -0.2) is 4.99 Å². The Morgan fingerprint density at radius 3 is 2.80 bits per heavy atom. The molecular weight excluding hydrogens is 128 g/mol. The lowest BCUT2D eigenvalue weighted by Crippen LogP contribution is -2.38. The molecule has 0 amide bonds. The Labute approximate surface area is 60.0 Å². The number of nitrogens with zero attached hydrogens (tertiary/aromatic N) is 1. The van der Waals surface area contributed by atoms with E-state index < -0.39 is 0 Å². The van der Waals surface area contributed by atoms with Crippen LogP contribution in [-0.2, 0) is 0 Å². The molecule has 0 saturated heterocycles. The number of aliphatic imine (C=N–C) groups is 1. The van der Waals surface area contributed by atoms with Gasteiger partial charge in [0.1, 0.15) is 5.82 Å². The molecule has 1 aliphatic rings. The van der Waals surface area contributed by atoms with Gasteiger partial charge in [-0.1, -0.05) is 6.92 Å². The van der Waals surface area contributed by atoms with Crippen molar-refractivity contribution in [3.8, 4) is 0 Å². The number of rotatable bonds is 1. The molecule has 1 heterocycles. The van der Waals surface area contributed by atoms with Crippen LogP contribution in [0.15, 0.2) is 16.4 Å². The molecule has 0 saturated carbocycles. The van der Waals surface area contributed by atoms with Gasteiger partial charge in [0.15, 0.2) is 5.96 Å². The molecule has 0 unspecified atom stereocenters. The maximum atomic E-state index is 5.59. The smallest absolute Gasteiger partial charge is 0.194 e. The average Bonchev–Trinajstić information content (AvgIpc) is 1.88. The van der Waals surface area contributed by atoms with Crippen LogP contribution in [0.5, 0.6) is 0 Å². The first-order valence-corrected chi connectivity index (χ1v) is 3.28. The fourth-order valence-electron chi connectivity index (χ4n) is 0.834. The highest BCUT2D eigenvalue weighted by Crippen LogP contribution is 2.05. The summed E-state index contributed by atoms with van der Waals surface area (Å²) in [5, 5.41) is 2.77. The molecule has 0 aromatic carbocycles. The fourth-order valence-corrected chi connectivity index (χ4v) is 0.834. The molecule has 56 valence electrons. The molecule has 4 nitrogen and oxygen atoms in total. The summed E-state index contributed by atoms with van der Waals surface area (Å²) in [5.41, 5.74) is 12.1. The van der Waals surface area contributed by atoms with Crippen molar-refractivity contribution < 1.29 is 0 Å². The van der Waals surface area contributed by atoms with Gasteiger partial charge >= 0.3 is 0 Å². The molecule has 5 N–H and O–H groups in total. The van der Waals surface area contributed by atoms with Gasteiger partial charge < -0.3 is 16.8 Å². The summed E-state index contributed by atoms with van der Waals surface area (Å²) in [6.07, 6.45) is 0.926. The third kappa shape index (κ3) is 1.21. The molecule has 0 radical (unpaired) electrons. The largest absolute Gasteiger partial charge is 0.385 e. The topological polar surface area (TPSA) is 76.4 Å². The average molecular weight is 140 g/mol. The van der Waals surface area contributed by atoms with Crippen LogP contribution in [0.1, 0.15) is 13.3 Å². The highest BCUT2D eigenvalue weighted by atomic mass is 15.2. The minimum Gasteiger partial charge on any atom is -0.385 e. The van der Waals surface area contributed by atoms with Crippen LogP contribution in [0.25, 0.3) is 0 Å². The summed E-state index contributed by atoms with van der Waals surface area (Å²) in [7, 11) is 0. The molecule has 4 heteroatoms. The van der Waals surface area contributed by atoms with Crippen LogP contribution in [-0.4, -0.2) is 12.5 Å². The summed E-state index contributed by atoms with van der Waals surface area (Å²) in [6.45, 7) is 2.68. The van der Waals surface area contributed by atoms with E-state index in [1.165, 1.54) is 0 Å². The molecule has 0 aromatic rings. The van der Waals surface area contributed by atoms with Crippen molar-refractivity contribution in [1.29, 1.82) is 0 Å². The Morgan fingerprint density at radius 2 is 2.30 bits per heavy atom. The standard InChI is InChI=1S/C6H12N4/c1-2-4-3-9-6(8)10-5(4)7/h2-3,7H2,1H3,(H3,8,9,10). The van der Waals surface area contributed by atoms with Gasteiger partial charge in [-0.3, -0.25) is 0 Å². The van der Waals surface area contributed by atoms with E-state index in [1.807, 2.05) is 6.92 Å². The number of guanidine groups is 1. The maximum Gasteiger partial charge on any atom is 0.194 e. The quantitative estimate of drug-likeness (QED) is 0.459. The highest BCUT2D eigenvalue weighted by molar-refractivity contribution is 5.80. The van der Waals surface area contributed by atoms with Gasteiger partial charge in [0, 0.05) is 0 Å². The third-order valence-electron chi connectivity index (χ3n) is 1.51. The Hall–Kier alpha value is -1.19. The van der Waals surface area contributed by atoms with Crippen LogP contribution in [0.2, 0.25) is 0 Å². The first kappa shape index (κ1) is 6.92. The molecule has 0 bridgehead atoms. The van der Waals surface area contributed by atoms with E-state index in [4.69, 9.17) is 11.5 Å². The highest BCUT2D eigenvalue weighted by Gasteiger charge is 2.06. The van der Waals surface area contributed by atoms with E-state index in [9.17, 15) is 0 Å². The molecule has 0 spiro atoms. The second-order valence-electron chi connectivity index (χ2n) is 2.20. The SMILES string of the molecule is CCC1=C(N)NC(N)=NC1. The van der Waals surface area contributed by atoms with Gasteiger partial charge in [0.25, 0.3) is 0 Å². The van der Waals surface area contributed by atoms with Crippen LogP contribution in [0.3, 0.4) is 0 Å². The Kier molecular flexibility index (Phi) is 1.80. The lowest BCUT2D eigenvalue weighted by atomic mass is 10.2. The van der Waals surface area contributed by atoms with Crippen molar-refractivity contribution in [3.63, 3.8) is 0 Å². The lowest BCUT2D eigenvalue weighted by Gasteiger charge is -2.15. The number of nitrogens with two attached hydrogens (primary N) is 2. The molecular formula is C6H12N4. The van der Waals surface area contributed by atoms with E-state index in [1.54, 1.807) is 0 Å². The molecule has 1 rings (SSSR count). The zero-order chi connectivity index (χ0) is 7.56. The minimum atomic E-state index is 0.412. The third-order valence-corrected chi connectivity index (χ3v) is 1.51. The summed E-state index contributed by atoms with van der Waals surface area (Å²) < 4.78 is 0. The molecule has 0 aliphatic carbocycles. The van der Waals surface area contributed by atoms with Crippen molar-refractivity contribution in [2.45, 2.75) is 13.3 Å². The Morgan fingerprint density at radius 1 is 1.60 bits per heavy atom. The monoisotopic (exact) mass is 140 g/mol. The van der Waals surface area contributed by atoms with Gasteiger partial charge in [-0.05, 0) is 12.0 Å². The van der Waals surface area contributed by atoms with Crippen molar-refractivity contribution in [1.82, 2.24) is 5.32 Å². The predicted molar refractivity (Wildman–Crippen MR) is 41.1 cm³/mol. The van der Waals surface area contributed by atoms with E-state index in [-0.39, 0.29) is 0 Å². The second kappa shape index (κ2) is 2.60. The van der Waals surface area contributed by atoms with Crippen LogP contribution in [0.4, 0.5) is 0 Å². The molecule has 10 heavy (non-hydrogen) atoms. The summed E-state index contributed by atoms with van der Waals surface area (Å²) >= 11 is 0. The molecule has 0 atom stereocenters. The van der Waals surface area contributed by atoms with Crippen molar-refractivity contribution in [2.75, 3.05) is 6.54 Å². The van der Waals surface area contributed by atoms with E-state index in [0.29, 0.717) is 18.3 Å². The number of nitrogens with one attached hydrogen (secondary N) is 1. The van der Waals surface area contributed by atoms with Gasteiger partial charge in [-0.15, -0.1) is 0 Å². The number of hydrogen-bond acceptors (Lipinski definition) is 4. The van der Waals surface area contributed by atoms with Crippen molar-refractivity contribution in [2.24, 2.45) is 16.5 Å². The van der Waals surface area contributed by atoms with Crippen LogP contribution in [0, 0.1) is 0 Å². The second-order valence-corrected chi connectivity index (χ2v) is 2.20. The first-order valence-electron chi connectivity index (χ1n) is 3.28. The van der Waals surface area contributed by atoms with Crippen LogP contribution < -0.4 is 16.8 Å². The zero-order valence-corrected chi connectivity index (χ0v) is 6.02. The first-order chi connectivity index (χ1) is 4.74. The number of hydrogen-bond donors (Lipinski definition) is 3. The predicted octanol–water partition coefficient (Wildman–Crippen LogP) is -0.515. The van der Waals surface area contributed by atoms with Crippen molar-refractivity contribution >= 4 is 5.96 Å². The zero-order valence-electron chi connectivity index (χ0n) is 6.02. The summed E-state index contributed by atoms with van der Waals surface area (Å²) in [5.74, 6) is 1.07. The summed E-state index contributed by atoms with van der Waals surface area (Å²) in [6, 6.07) is 0. The fraction of sp³-hybridized carbons (Fsp3) is 0.500.